The molecule has 0 saturated heterocycles. The summed E-state index contributed by atoms with van der Waals surface area (Å²) >= 11 is 6.55. The Morgan fingerprint density at radius 3 is 2.52 bits per heavy atom. The normalized spacial score (nSPS) is 11.4. The minimum absolute atomic E-state index is 0.0188. The molecule has 0 fully saturated rings. The molecule has 0 spiro atoms. The Kier molecular flexibility index (Phi) is 4.17. The van der Waals surface area contributed by atoms with Gasteiger partial charge < -0.3 is 0 Å². The molecule has 0 bridgehead atoms. The van der Waals surface area contributed by atoms with Crippen LogP contribution in [0.5, 0.6) is 0 Å². The second-order valence-electron chi connectivity index (χ2n) is 4.20. The van der Waals surface area contributed by atoms with E-state index in [2.05, 4.69) is 9.71 Å². The molecule has 0 unspecified atom stereocenters. The molecule has 0 amide bonds. The molecule has 2 aromatic rings. The van der Waals surface area contributed by atoms with Crippen molar-refractivity contribution in [2.24, 2.45) is 0 Å². The van der Waals surface area contributed by atoms with E-state index in [1.54, 1.807) is 13.8 Å². The molecule has 2 rings (SSSR count). The number of nitrogens with one attached hydrogen (secondary N) is 1. The second-order valence-corrected chi connectivity index (χ2v) is 7.66. The van der Waals surface area contributed by atoms with Crippen molar-refractivity contribution in [3.8, 4) is 0 Å². The highest BCUT2D eigenvalue weighted by Gasteiger charge is 2.22. The standard InChI is InChI=1S/C11H10ClN3O4S2/c1-6-5-8(15(16)17)3-4-9(6)14-21(18,19)10-7(2)13-11(12)20-10/h3-5,14H,1-2H3. The first-order chi connectivity index (χ1) is 9.70. The molecule has 1 N–H and O–H groups in total. The second kappa shape index (κ2) is 5.58. The van der Waals surface area contributed by atoms with Crippen molar-refractivity contribution in [1.82, 2.24) is 4.98 Å². The van der Waals surface area contributed by atoms with Gasteiger partial charge in [-0.15, -0.1) is 0 Å². The van der Waals surface area contributed by atoms with E-state index in [0.717, 1.165) is 11.3 Å². The SMILES string of the molecule is Cc1cc([N+](=O)[O-])ccc1NS(=O)(=O)c1sc(Cl)nc1C. The van der Waals surface area contributed by atoms with E-state index in [-0.39, 0.29) is 20.1 Å². The van der Waals surface area contributed by atoms with Crippen molar-refractivity contribution in [3.63, 3.8) is 0 Å². The van der Waals surface area contributed by atoms with Crippen LogP contribution in [0, 0.1) is 24.0 Å². The third kappa shape index (κ3) is 3.31. The van der Waals surface area contributed by atoms with Gasteiger partial charge in [-0.05, 0) is 25.5 Å². The quantitative estimate of drug-likeness (QED) is 0.676. The van der Waals surface area contributed by atoms with Gasteiger partial charge in [-0.25, -0.2) is 13.4 Å². The van der Waals surface area contributed by atoms with Crippen LogP contribution >= 0.6 is 22.9 Å². The number of benzene rings is 1. The lowest BCUT2D eigenvalue weighted by atomic mass is 10.2. The van der Waals surface area contributed by atoms with Crippen LogP contribution in [0.15, 0.2) is 22.4 Å². The zero-order chi connectivity index (χ0) is 15.8. The van der Waals surface area contributed by atoms with Crippen LogP contribution in [-0.2, 0) is 10.0 Å². The number of nitro benzene ring substituents is 1. The van der Waals surface area contributed by atoms with Gasteiger partial charge in [0.15, 0.2) is 8.68 Å². The van der Waals surface area contributed by atoms with Crippen LogP contribution in [0.3, 0.4) is 0 Å². The number of aryl methyl sites for hydroxylation is 2. The van der Waals surface area contributed by atoms with E-state index in [1.807, 2.05) is 0 Å². The van der Waals surface area contributed by atoms with Crippen molar-refractivity contribution in [3.05, 3.63) is 44.0 Å². The van der Waals surface area contributed by atoms with E-state index in [1.165, 1.54) is 18.2 Å². The third-order valence-corrected chi connectivity index (χ3v) is 5.87. The largest absolute Gasteiger partial charge is 0.279 e. The maximum absolute atomic E-state index is 12.3. The van der Waals surface area contributed by atoms with Gasteiger partial charge in [-0.1, -0.05) is 22.9 Å². The summed E-state index contributed by atoms with van der Waals surface area (Å²) in [6, 6.07) is 3.88. The molecule has 112 valence electrons. The molecule has 0 atom stereocenters. The first kappa shape index (κ1) is 15.7. The number of hydrogen-bond acceptors (Lipinski definition) is 6. The third-order valence-electron chi connectivity index (χ3n) is 2.64. The number of non-ortho nitro benzene ring substituents is 1. The first-order valence-corrected chi connectivity index (χ1v) is 8.29. The number of rotatable bonds is 4. The molecule has 1 heterocycles. The van der Waals surface area contributed by atoms with E-state index in [4.69, 9.17) is 11.6 Å². The molecule has 0 saturated carbocycles. The number of hydrogen-bond donors (Lipinski definition) is 1. The number of aromatic nitrogens is 1. The fourth-order valence-corrected chi connectivity index (χ4v) is 4.54. The molecule has 0 aliphatic carbocycles. The maximum Gasteiger partial charge on any atom is 0.273 e. The predicted molar refractivity (Wildman–Crippen MR) is 80.5 cm³/mol. The maximum atomic E-state index is 12.3. The van der Waals surface area contributed by atoms with Crippen molar-refractivity contribution in [2.75, 3.05) is 4.72 Å². The van der Waals surface area contributed by atoms with Gasteiger partial charge in [0.1, 0.15) is 0 Å². The van der Waals surface area contributed by atoms with Gasteiger partial charge in [0, 0.05) is 12.1 Å². The van der Waals surface area contributed by atoms with Crippen molar-refractivity contribution < 1.29 is 13.3 Å². The fraction of sp³-hybridized carbons (Fsp3) is 0.182. The zero-order valence-electron chi connectivity index (χ0n) is 11.0. The minimum Gasteiger partial charge on any atom is -0.279 e. The van der Waals surface area contributed by atoms with Crippen LogP contribution < -0.4 is 4.72 Å². The Bertz CT molecular complexity index is 817. The highest BCUT2D eigenvalue weighted by atomic mass is 35.5. The van der Waals surface area contributed by atoms with Gasteiger partial charge in [-0.2, -0.15) is 0 Å². The van der Waals surface area contributed by atoms with Gasteiger partial charge in [0.25, 0.3) is 15.7 Å². The molecular formula is C11H10ClN3O4S2. The molecule has 0 aliphatic rings. The number of thiazole rings is 1. The highest BCUT2D eigenvalue weighted by molar-refractivity contribution is 7.94. The molecule has 0 radical (unpaired) electrons. The topological polar surface area (TPSA) is 102 Å². The average Bonchev–Trinajstić information content (AvgIpc) is 2.71. The summed E-state index contributed by atoms with van der Waals surface area (Å²) in [4.78, 5) is 14.0. The molecular weight excluding hydrogens is 338 g/mol. The van der Waals surface area contributed by atoms with Crippen LogP contribution in [0.2, 0.25) is 4.47 Å². The lowest BCUT2D eigenvalue weighted by molar-refractivity contribution is -0.384. The van der Waals surface area contributed by atoms with E-state index in [9.17, 15) is 18.5 Å². The summed E-state index contributed by atoms with van der Waals surface area (Å²) in [5.41, 5.74) is 0.912. The number of sulfonamides is 1. The molecule has 21 heavy (non-hydrogen) atoms. The summed E-state index contributed by atoms with van der Waals surface area (Å²) < 4.78 is 27.1. The van der Waals surface area contributed by atoms with Crippen LogP contribution in [0.25, 0.3) is 0 Å². The number of nitrogens with zero attached hydrogens (tertiary/aromatic N) is 2. The molecule has 7 nitrogen and oxygen atoms in total. The Morgan fingerprint density at radius 1 is 1.38 bits per heavy atom. The van der Waals surface area contributed by atoms with Crippen LogP contribution in [-0.4, -0.2) is 18.3 Å². The van der Waals surface area contributed by atoms with E-state index >= 15 is 0 Å². The minimum atomic E-state index is -3.83. The Balaban J connectivity index is 2.37. The van der Waals surface area contributed by atoms with Crippen molar-refractivity contribution >= 4 is 44.3 Å². The fourth-order valence-electron chi connectivity index (χ4n) is 1.67. The summed E-state index contributed by atoms with van der Waals surface area (Å²) in [6.45, 7) is 3.12. The Hall–Kier alpha value is -1.71. The van der Waals surface area contributed by atoms with Gasteiger partial charge in [0.05, 0.1) is 16.3 Å². The lowest BCUT2D eigenvalue weighted by Gasteiger charge is -2.09. The zero-order valence-corrected chi connectivity index (χ0v) is 13.3. The average molecular weight is 348 g/mol. The monoisotopic (exact) mass is 347 g/mol. The first-order valence-electron chi connectivity index (χ1n) is 5.61. The van der Waals surface area contributed by atoms with Crippen molar-refractivity contribution in [2.45, 2.75) is 18.1 Å². The number of halogens is 1. The van der Waals surface area contributed by atoms with Gasteiger partial charge in [0.2, 0.25) is 0 Å². The number of nitro groups is 1. The smallest absolute Gasteiger partial charge is 0.273 e. The van der Waals surface area contributed by atoms with Gasteiger partial charge in [-0.3, -0.25) is 14.8 Å². The highest BCUT2D eigenvalue weighted by Crippen LogP contribution is 2.30. The lowest BCUT2D eigenvalue weighted by Crippen LogP contribution is -2.13. The molecule has 1 aromatic carbocycles. The van der Waals surface area contributed by atoms with Crippen LogP contribution in [0.1, 0.15) is 11.3 Å². The van der Waals surface area contributed by atoms with Gasteiger partial charge >= 0.3 is 0 Å². The summed E-state index contributed by atoms with van der Waals surface area (Å²) in [5.74, 6) is 0. The Labute approximate surface area is 129 Å². The molecule has 1 aromatic heterocycles. The molecule has 10 heteroatoms. The summed E-state index contributed by atoms with van der Waals surface area (Å²) in [5, 5.41) is 10.7. The summed E-state index contributed by atoms with van der Waals surface area (Å²) in [6.07, 6.45) is 0. The molecule has 0 aliphatic heterocycles. The Morgan fingerprint density at radius 2 is 2.05 bits per heavy atom. The van der Waals surface area contributed by atoms with Crippen LogP contribution in [0.4, 0.5) is 11.4 Å². The number of anilines is 1. The van der Waals surface area contributed by atoms with Crippen molar-refractivity contribution in [1.29, 1.82) is 0 Å². The van der Waals surface area contributed by atoms with E-state index < -0.39 is 14.9 Å². The summed E-state index contributed by atoms with van der Waals surface area (Å²) in [7, 11) is -3.83. The van der Waals surface area contributed by atoms with E-state index in [0.29, 0.717) is 11.3 Å². The predicted octanol–water partition coefficient (Wildman–Crippen LogP) is 3.12.